The Hall–Kier alpha value is -3.82. The fourth-order valence-electron chi connectivity index (χ4n) is 3.56. The number of amides is 2. The van der Waals surface area contributed by atoms with Crippen LogP contribution >= 0.6 is 0 Å². The van der Waals surface area contributed by atoms with Crippen molar-refractivity contribution in [1.29, 1.82) is 0 Å². The number of nitrogens with zero attached hydrogens (tertiary/aromatic N) is 4. The summed E-state index contributed by atoms with van der Waals surface area (Å²) in [5.74, 6) is 0.705. The lowest BCUT2D eigenvalue weighted by Crippen LogP contribution is -2.38. The molecule has 7 nitrogen and oxygen atoms in total. The molecule has 1 aliphatic heterocycles. The van der Waals surface area contributed by atoms with Crippen molar-refractivity contribution in [3.8, 4) is 5.75 Å². The van der Waals surface area contributed by atoms with Gasteiger partial charge in [0.2, 0.25) is 5.95 Å². The summed E-state index contributed by atoms with van der Waals surface area (Å²) in [6.45, 7) is 2.05. The van der Waals surface area contributed by atoms with Crippen molar-refractivity contribution in [3.05, 3.63) is 78.1 Å². The number of hydrogen-bond acceptors (Lipinski definition) is 5. The molecule has 10 heteroatoms. The van der Waals surface area contributed by atoms with Gasteiger partial charge in [-0.25, -0.2) is 14.8 Å². The largest absolute Gasteiger partial charge is 0.489 e. The van der Waals surface area contributed by atoms with Gasteiger partial charge in [-0.2, -0.15) is 13.2 Å². The summed E-state index contributed by atoms with van der Waals surface area (Å²) in [7, 11) is 0. The van der Waals surface area contributed by atoms with Crippen LogP contribution in [0, 0.1) is 0 Å². The summed E-state index contributed by atoms with van der Waals surface area (Å²) in [5, 5.41) is 2.86. The van der Waals surface area contributed by atoms with Gasteiger partial charge in [0, 0.05) is 38.1 Å². The number of rotatable bonds is 5. The van der Waals surface area contributed by atoms with E-state index in [1.54, 1.807) is 34.1 Å². The monoisotopic (exact) mass is 471 g/mol. The molecule has 0 radical (unpaired) electrons. The van der Waals surface area contributed by atoms with Crippen LogP contribution in [0.25, 0.3) is 0 Å². The lowest BCUT2D eigenvalue weighted by Gasteiger charge is -2.22. The van der Waals surface area contributed by atoms with Crippen molar-refractivity contribution in [3.63, 3.8) is 0 Å². The third-order valence-electron chi connectivity index (χ3n) is 5.35. The molecule has 1 aliphatic rings. The zero-order valence-electron chi connectivity index (χ0n) is 18.3. The van der Waals surface area contributed by atoms with Gasteiger partial charge < -0.3 is 19.9 Å². The van der Waals surface area contributed by atoms with Crippen LogP contribution in [-0.2, 0) is 12.8 Å². The minimum atomic E-state index is -4.53. The molecule has 1 N–H and O–H groups in total. The summed E-state index contributed by atoms with van der Waals surface area (Å²) >= 11 is 0. The molecule has 1 fully saturated rings. The number of hydrogen-bond donors (Lipinski definition) is 1. The second-order valence-electron chi connectivity index (χ2n) is 7.80. The van der Waals surface area contributed by atoms with Crippen molar-refractivity contribution < 1.29 is 22.7 Å². The summed E-state index contributed by atoms with van der Waals surface area (Å²) in [6.07, 6.45) is -2.84. The molecular weight excluding hydrogens is 447 g/mol. The summed E-state index contributed by atoms with van der Waals surface area (Å²) < 4.78 is 44.6. The molecule has 2 aromatic carbocycles. The molecule has 2 amide bonds. The predicted molar refractivity (Wildman–Crippen MR) is 122 cm³/mol. The van der Waals surface area contributed by atoms with E-state index in [4.69, 9.17) is 4.74 Å². The van der Waals surface area contributed by atoms with E-state index in [1.807, 2.05) is 30.3 Å². The molecule has 0 aliphatic carbocycles. The molecule has 0 unspecified atom stereocenters. The first-order valence-electron chi connectivity index (χ1n) is 10.9. The Morgan fingerprint density at radius 3 is 2.47 bits per heavy atom. The number of aromatic nitrogens is 2. The van der Waals surface area contributed by atoms with Crippen molar-refractivity contribution in [1.82, 2.24) is 14.9 Å². The first kappa shape index (κ1) is 23.3. The van der Waals surface area contributed by atoms with E-state index in [-0.39, 0.29) is 12.0 Å². The molecule has 34 heavy (non-hydrogen) atoms. The van der Waals surface area contributed by atoms with E-state index in [2.05, 4.69) is 15.3 Å². The Kier molecular flexibility index (Phi) is 7.15. The molecule has 0 bridgehead atoms. The maximum absolute atomic E-state index is 13.0. The Bertz CT molecular complexity index is 1090. The SMILES string of the molecule is O=C(Nc1ccc(OCc2ccccc2)cc1)N1CCCN(c2nccc(C(F)(F)F)n2)CC1. The van der Waals surface area contributed by atoms with E-state index in [0.717, 1.165) is 17.8 Å². The lowest BCUT2D eigenvalue weighted by atomic mass is 10.2. The molecule has 3 aromatic rings. The molecule has 0 spiro atoms. The molecule has 1 aromatic heterocycles. The van der Waals surface area contributed by atoms with Crippen LogP contribution < -0.4 is 15.0 Å². The number of halogens is 3. The quantitative estimate of drug-likeness (QED) is 0.578. The number of alkyl halides is 3. The summed E-state index contributed by atoms with van der Waals surface area (Å²) in [6, 6.07) is 17.5. The molecule has 0 saturated carbocycles. The molecule has 178 valence electrons. The molecular formula is C24H24F3N5O2. The third kappa shape index (κ3) is 6.15. The first-order valence-corrected chi connectivity index (χ1v) is 10.9. The average Bonchev–Trinajstić information content (AvgIpc) is 3.10. The topological polar surface area (TPSA) is 70.6 Å². The van der Waals surface area contributed by atoms with Gasteiger partial charge in [0.25, 0.3) is 0 Å². The van der Waals surface area contributed by atoms with E-state index in [0.29, 0.717) is 50.6 Å². The Balaban J connectivity index is 1.30. The third-order valence-corrected chi connectivity index (χ3v) is 5.35. The fraction of sp³-hybridized carbons (Fsp3) is 0.292. The molecule has 0 atom stereocenters. The van der Waals surface area contributed by atoms with Gasteiger partial charge in [0.15, 0.2) is 0 Å². The van der Waals surface area contributed by atoms with Crippen LogP contribution in [0.1, 0.15) is 17.7 Å². The van der Waals surface area contributed by atoms with E-state index < -0.39 is 11.9 Å². The Labute approximate surface area is 195 Å². The second-order valence-corrected chi connectivity index (χ2v) is 7.80. The second kappa shape index (κ2) is 10.4. The standard InChI is InChI=1S/C24H24F3N5O2/c25-24(26,27)21-11-12-28-22(30-21)31-13-4-14-32(16-15-31)23(33)29-19-7-9-20(10-8-19)34-17-18-5-2-1-3-6-18/h1-3,5-12H,4,13-17H2,(H,29,33). The van der Waals surface area contributed by atoms with Gasteiger partial charge in [-0.05, 0) is 42.3 Å². The zero-order valence-corrected chi connectivity index (χ0v) is 18.3. The minimum absolute atomic E-state index is 0.0168. The number of anilines is 2. The number of benzene rings is 2. The molecule has 2 heterocycles. The highest BCUT2D eigenvalue weighted by Gasteiger charge is 2.33. The highest BCUT2D eigenvalue weighted by molar-refractivity contribution is 5.89. The van der Waals surface area contributed by atoms with Crippen LogP contribution in [0.4, 0.5) is 29.6 Å². The van der Waals surface area contributed by atoms with E-state index >= 15 is 0 Å². The molecule has 4 rings (SSSR count). The van der Waals surface area contributed by atoms with Crippen molar-refractivity contribution in [2.24, 2.45) is 0 Å². The summed E-state index contributed by atoms with van der Waals surface area (Å²) in [5.41, 5.74) is 0.706. The first-order chi connectivity index (χ1) is 16.4. The normalized spacial score (nSPS) is 14.4. The van der Waals surface area contributed by atoms with E-state index in [9.17, 15) is 18.0 Å². The van der Waals surface area contributed by atoms with Gasteiger partial charge in [-0.15, -0.1) is 0 Å². The highest BCUT2D eigenvalue weighted by Crippen LogP contribution is 2.28. The van der Waals surface area contributed by atoms with Crippen molar-refractivity contribution in [2.75, 3.05) is 36.4 Å². The zero-order chi connectivity index (χ0) is 24.0. The van der Waals surface area contributed by atoms with Crippen molar-refractivity contribution in [2.45, 2.75) is 19.2 Å². The predicted octanol–water partition coefficient (Wildman–Crippen LogP) is 4.82. The smallest absolute Gasteiger partial charge is 0.433 e. The number of carbonyl (C=O) groups is 1. The highest BCUT2D eigenvalue weighted by atomic mass is 19.4. The Morgan fingerprint density at radius 1 is 0.971 bits per heavy atom. The molecule has 1 saturated heterocycles. The number of urea groups is 1. The van der Waals surface area contributed by atoms with Gasteiger partial charge >= 0.3 is 12.2 Å². The number of nitrogens with one attached hydrogen (secondary N) is 1. The van der Waals surface area contributed by atoms with Gasteiger partial charge in [0.05, 0.1) is 0 Å². The maximum atomic E-state index is 13.0. The Morgan fingerprint density at radius 2 is 1.74 bits per heavy atom. The van der Waals surface area contributed by atoms with Crippen LogP contribution in [-0.4, -0.2) is 47.1 Å². The number of ether oxygens (including phenoxy) is 1. The van der Waals surface area contributed by atoms with Crippen LogP contribution in [0.2, 0.25) is 0 Å². The van der Waals surface area contributed by atoms with Gasteiger partial charge in [0.1, 0.15) is 18.1 Å². The van der Waals surface area contributed by atoms with Crippen LogP contribution in [0.15, 0.2) is 66.9 Å². The van der Waals surface area contributed by atoms with E-state index in [1.165, 1.54) is 0 Å². The average molecular weight is 471 g/mol. The van der Waals surface area contributed by atoms with Crippen LogP contribution in [0.5, 0.6) is 5.75 Å². The van der Waals surface area contributed by atoms with Gasteiger partial charge in [-0.1, -0.05) is 30.3 Å². The summed E-state index contributed by atoms with van der Waals surface area (Å²) in [4.78, 5) is 23.7. The van der Waals surface area contributed by atoms with Gasteiger partial charge in [-0.3, -0.25) is 0 Å². The maximum Gasteiger partial charge on any atom is 0.433 e. The van der Waals surface area contributed by atoms with Crippen LogP contribution in [0.3, 0.4) is 0 Å². The number of carbonyl (C=O) groups excluding carboxylic acids is 1. The minimum Gasteiger partial charge on any atom is -0.489 e. The fourth-order valence-corrected chi connectivity index (χ4v) is 3.56. The lowest BCUT2D eigenvalue weighted by molar-refractivity contribution is -0.141. The van der Waals surface area contributed by atoms with Crippen molar-refractivity contribution >= 4 is 17.7 Å².